The molecule has 0 atom stereocenters. The molecule has 0 saturated heterocycles. The molecule has 3 nitrogen and oxygen atoms in total. The Kier molecular flexibility index (Phi) is 2.94. The summed E-state index contributed by atoms with van der Waals surface area (Å²) in [5.74, 6) is 2.72. The van der Waals surface area contributed by atoms with Crippen LogP contribution in [0.5, 0.6) is 0 Å². The first-order chi connectivity index (χ1) is 11.1. The normalized spacial score (nSPS) is 41.1. The summed E-state index contributed by atoms with van der Waals surface area (Å²) in [5, 5.41) is 14.9. The van der Waals surface area contributed by atoms with Crippen molar-refractivity contribution in [3.8, 4) is 0 Å². The molecule has 6 rings (SSSR count). The highest BCUT2D eigenvalue weighted by molar-refractivity contribution is 5.94. The van der Waals surface area contributed by atoms with E-state index in [-0.39, 0.29) is 11.8 Å². The van der Waals surface area contributed by atoms with Crippen LogP contribution < -0.4 is 5.32 Å². The zero-order valence-corrected chi connectivity index (χ0v) is 13.5. The summed E-state index contributed by atoms with van der Waals surface area (Å²) in [6, 6.07) is 7.99. The summed E-state index contributed by atoms with van der Waals surface area (Å²) in [6.45, 7) is 0. The van der Waals surface area contributed by atoms with Gasteiger partial charge in [0.05, 0.1) is 5.60 Å². The Hall–Kier alpha value is -1.35. The number of nitrogens with one attached hydrogen (secondary N) is 1. The Morgan fingerprint density at radius 1 is 1.00 bits per heavy atom. The Bertz CT molecular complexity index is 621. The van der Waals surface area contributed by atoms with E-state index in [1.807, 2.05) is 24.3 Å². The second-order valence-corrected chi connectivity index (χ2v) is 8.44. The zero-order valence-electron chi connectivity index (χ0n) is 13.5. The number of amides is 1. The van der Waals surface area contributed by atoms with Crippen LogP contribution in [0.4, 0.5) is 5.69 Å². The van der Waals surface area contributed by atoms with E-state index in [2.05, 4.69) is 5.32 Å². The van der Waals surface area contributed by atoms with Gasteiger partial charge >= 0.3 is 0 Å². The standard InChI is InChI=1S/C20H25NO2/c22-19(14-5-6-14)21-18-4-2-1-3-17(18)20(23)15-8-12-7-13(10-15)11-16(20)9-12/h1-4,12-16,23H,5-11H2,(H,21,22). The van der Waals surface area contributed by atoms with E-state index in [4.69, 9.17) is 0 Å². The van der Waals surface area contributed by atoms with Gasteiger partial charge in [-0.3, -0.25) is 4.79 Å². The fourth-order valence-corrected chi connectivity index (χ4v) is 5.86. The third-order valence-corrected chi connectivity index (χ3v) is 6.95. The summed E-state index contributed by atoms with van der Waals surface area (Å²) in [5.41, 5.74) is 1.09. The first-order valence-electron chi connectivity index (χ1n) is 9.27. The quantitative estimate of drug-likeness (QED) is 0.894. The van der Waals surface area contributed by atoms with Crippen LogP contribution in [0.25, 0.3) is 0 Å². The number of carbonyl (C=O) groups is 1. The van der Waals surface area contributed by atoms with E-state index >= 15 is 0 Å². The number of hydrogen-bond donors (Lipinski definition) is 2. The van der Waals surface area contributed by atoms with Gasteiger partial charge in [0, 0.05) is 17.2 Å². The molecule has 3 heteroatoms. The summed E-state index contributed by atoms with van der Waals surface area (Å²) < 4.78 is 0. The lowest BCUT2D eigenvalue weighted by molar-refractivity contribution is -0.179. The predicted octanol–water partition coefficient (Wildman–Crippen LogP) is 3.68. The summed E-state index contributed by atoms with van der Waals surface area (Å²) in [7, 11) is 0. The molecule has 1 aromatic rings. The topological polar surface area (TPSA) is 49.3 Å². The van der Waals surface area contributed by atoms with Gasteiger partial charge in [0.1, 0.15) is 0 Å². The molecule has 0 aromatic heterocycles. The molecule has 0 aliphatic heterocycles. The van der Waals surface area contributed by atoms with Crippen molar-refractivity contribution in [2.24, 2.45) is 29.6 Å². The Labute approximate surface area is 137 Å². The van der Waals surface area contributed by atoms with Gasteiger partial charge in [-0.2, -0.15) is 0 Å². The molecule has 0 radical (unpaired) electrons. The lowest BCUT2D eigenvalue weighted by Gasteiger charge is -2.59. The monoisotopic (exact) mass is 311 g/mol. The van der Waals surface area contributed by atoms with Crippen LogP contribution in [-0.2, 0) is 10.4 Å². The number of hydrogen-bond acceptors (Lipinski definition) is 2. The fourth-order valence-electron chi connectivity index (χ4n) is 5.86. The smallest absolute Gasteiger partial charge is 0.227 e. The van der Waals surface area contributed by atoms with Crippen molar-refractivity contribution >= 4 is 11.6 Å². The minimum atomic E-state index is -0.735. The number of benzene rings is 1. The van der Waals surface area contributed by atoms with E-state index < -0.39 is 5.60 Å². The van der Waals surface area contributed by atoms with E-state index in [1.165, 1.54) is 6.42 Å². The maximum absolute atomic E-state index is 12.2. The van der Waals surface area contributed by atoms with Crippen LogP contribution in [0.2, 0.25) is 0 Å². The number of rotatable bonds is 3. The lowest BCUT2D eigenvalue weighted by Crippen LogP contribution is -2.55. The molecule has 5 saturated carbocycles. The van der Waals surface area contributed by atoms with Gasteiger partial charge in [0.25, 0.3) is 0 Å². The average molecular weight is 311 g/mol. The third-order valence-electron chi connectivity index (χ3n) is 6.95. The molecule has 1 aromatic carbocycles. The van der Waals surface area contributed by atoms with Gasteiger partial charge in [0.15, 0.2) is 0 Å². The van der Waals surface area contributed by atoms with Crippen LogP contribution in [0.15, 0.2) is 24.3 Å². The molecular weight excluding hydrogens is 286 g/mol. The van der Waals surface area contributed by atoms with Gasteiger partial charge in [-0.1, -0.05) is 18.2 Å². The van der Waals surface area contributed by atoms with Crippen molar-refractivity contribution in [2.75, 3.05) is 5.32 Å². The van der Waals surface area contributed by atoms with Gasteiger partial charge in [-0.15, -0.1) is 0 Å². The van der Waals surface area contributed by atoms with E-state index in [9.17, 15) is 9.90 Å². The number of para-hydroxylation sites is 1. The van der Waals surface area contributed by atoms with Gasteiger partial charge in [0.2, 0.25) is 5.91 Å². The minimum absolute atomic E-state index is 0.130. The van der Waals surface area contributed by atoms with Crippen molar-refractivity contribution in [1.29, 1.82) is 0 Å². The molecule has 0 unspecified atom stereocenters. The minimum Gasteiger partial charge on any atom is -0.385 e. The number of anilines is 1. The number of aliphatic hydroxyl groups is 1. The highest BCUT2D eigenvalue weighted by Crippen LogP contribution is 2.62. The summed E-state index contributed by atoms with van der Waals surface area (Å²) in [6.07, 6.45) is 8.04. The first kappa shape index (κ1) is 14.0. The lowest BCUT2D eigenvalue weighted by atomic mass is 9.48. The molecule has 1 amide bonds. The predicted molar refractivity (Wildman–Crippen MR) is 88.7 cm³/mol. The summed E-state index contributed by atoms with van der Waals surface area (Å²) in [4.78, 5) is 12.2. The summed E-state index contributed by atoms with van der Waals surface area (Å²) >= 11 is 0. The third kappa shape index (κ3) is 2.09. The average Bonchev–Trinajstić information content (AvgIpc) is 3.37. The molecule has 2 N–H and O–H groups in total. The van der Waals surface area contributed by atoms with E-state index in [1.54, 1.807) is 0 Å². The van der Waals surface area contributed by atoms with Crippen molar-refractivity contribution in [3.05, 3.63) is 29.8 Å². The van der Waals surface area contributed by atoms with E-state index in [0.29, 0.717) is 11.8 Å². The number of carbonyl (C=O) groups excluding carboxylic acids is 1. The zero-order chi connectivity index (χ0) is 15.6. The molecule has 0 heterocycles. The van der Waals surface area contributed by atoms with Crippen molar-refractivity contribution in [3.63, 3.8) is 0 Å². The van der Waals surface area contributed by atoms with Gasteiger partial charge in [-0.25, -0.2) is 0 Å². The second-order valence-electron chi connectivity index (χ2n) is 8.44. The molecule has 23 heavy (non-hydrogen) atoms. The molecule has 0 spiro atoms. The molecule has 122 valence electrons. The van der Waals surface area contributed by atoms with Crippen LogP contribution >= 0.6 is 0 Å². The van der Waals surface area contributed by atoms with Crippen LogP contribution in [-0.4, -0.2) is 11.0 Å². The Balaban J connectivity index is 1.52. The molecule has 5 aliphatic carbocycles. The van der Waals surface area contributed by atoms with Crippen molar-refractivity contribution < 1.29 is 9.90 Å². The second kappa shape index (κ2) is 4.83. The Morgan fingerprint density at radius 2 is 1.61 bits per heavy atom. The van der Waals surface area contributed by atoms with E-state index in [0.717, 1.165) is 61.6 Å². The first-order valence-corrected chi connectivity index (χ1v) is 9.27. The van der Waals surface area contributed by atoms with Crippen LogP contribution in [0.1, 0.15) is 50.5 Å². The van der Waals surface area contributed by atoms with Gasteiger partial charge in [-0.05, 0) is 74.7 Å². The van der Waals surface area contributed by atoms with Crippen LogP contribution in [0, 0.1) is 29.6 Å². The molecular formula is C20H25NO2. The highest BCUT2D eigenvalue weighted by Gasteiger charge is 2.57. The Morgan fingerprint density at radius 3 is 2.22 bits per heavy atom. The largest absolute Gasteiger partial charge is 0.385 e. The highest BCUT2D eigenvalue weighted by atomic mass is 16.3. The fraction of sp³-hybridized carbons (Fsp3) is 0.650. The maximum atomic E-state index is 12.2. The van der Waals surface area contributed by atoms with Gasteiger partial charge < -0.3 is 10.4 Å². The molecule has 4 bridgehead atoms. The van der Waals surface area contributed by atoms with Crippen molar-refractivity contribution in [2.45, 2.75) is 50.5 Å². The molecule has 5 aliphatic rings. The maximum Gasteiger partial charge on any atom is 0.227 e. The van der Waals surface area contributed by atoms with Crippen LogP contribution in [0.3, 0.4) is 0 Å². The SMILES string of the molecule is O=C(Nc1ccccc1C1(O)C2CC3CC(C2)CC1C3)C1CC1. The molecule has 5 fully saturated rings. The van der Waals surface area contributed by atoms with Crippen molar-refractivity contribution in [1.82, 2.24) is 0 Å².